The number of hydrogen-bond donors (Lipinski definition) is 0. The van der Waals surface area contributed by atoms with Crippen LogP contribution < -0.4 is 5.56 Å². The lowest BCUT2D eigenvalue weighted by Crippen LogP contribution is -2.49. The van der Waals surface area contributed by atoms with Gasteiger partial charge >= 0.3 is 0 Å². The normalized spacial score (nSPS) is 13.9. The molecule has 224 valence electrons. The first kappa shape index (κ1) is 30.1. The zero-order valence-corrected chi connectivity index (χ0v) is 26.1. The van der Waals surface area contributed by atoms with Gasteiger partial charge in [0, 0.05) is 43.4 Å². The van der Waals surface area contributed by atoms with Crippen molar-refractivity contribution in [3.8, 4) is 5.69 Å². The Labute approximate surface area is 267 Å². The van der Waals surface area contributed by atoms with Crippen LogP contribution in [0.3, 0.4) is 0 Å². The van der Waals surface area contributed by atoms with Gasteiger partial charge in [-0.1, -0.05) is 102 Å². The fourth-order valence-electron chi connectivity index (χ4n) is 5.87. The second kappa shape index (κ2) is 14.2. The highest BCUT2D eigenvalue weighted by atomic mass is 35.5. The van der Waals surface area contributed by atoms with Crippen molar-refractivity contribution in [3.63, 3.8) is 0 Å². The molecule has 0 radical (unpaired) electrons. The molecule has 2 heterocycles. The Morgan fingerprint density at radius 1 is 0.795 bits per heavy atom. The monoisotopic (exact) mass is 622 g/mol. The molecule has 6 nitrogen and oxygen atoms in total. The van der Waals surface area contributed by atoms with E-state index in [0.29, 0.717) is 33.2 Å². The number of unbranched alkanes of at least 4 members (excludes halogenated alkanes) is 1. The second-order valence-electron chi connectivity index (χ2n) is 11.0. The van der Waals surface area contributed by atoms with Gasteiger partial charge in [-0.05, 0) is 54.3 Å². The number of rotatable bonds is 10. The predicted molar refractivity (Wildman–Crippen MR) is 180 cm³/mol. The summed E-state index contributed by atoms with van der Waals surface area (Å²) in [6.45, 7) is 3.14. The predicted octanol–water partition coefficient (Wildman–Crippen LogP) is 7.24. The number of thioether (sulfide) groups is 1. The van der Waals surface area contributed by atoms with E-state index in [0.717, 1.165) is 44.8 Å². The molecule has 5 aromatic rings. The van der Waals surface area contributed by atoms with E-state index < -0.39 is 0 Å². The molecule has 0 aliphatic carbocycles. The molecule has 1 amide bonds. The minimum atomic E-state index is -0.114. The molecule has 0 N–H and O–H groups in total. The van der Waals surface area contributed by atoms with Gasteiger partial charge in [0.1, 0.15) is 0 Å². The van der Waals surface area contributed by atoms with Crippen LogP contribution >= 0.6 is 23.4 Å². The minimum Gasteiger partial charge on any atom is -0.340 e. The number of aromatic nitrogens is 2. The Bertz CT molecular complexity index is 1730. The average Bonchev–Trinajstić information content (AvgIpc) is 3.06. The smallest absolute Gasteiger partial charge is 0.266 e. The van der Waals surface area contributed by atoms with Crippen molar-refractivity contribution in [2.24, 2.45) is 0 Å². The molecule has 1 saturated heterocycles. The second-order valence-corrected chi connectivity index (χ2v) is 12.5. The number of nitrogens with zero attached hydrogens (tertiary/aromatic N) is 4. The number of benzene rings is 4. The van der Waals surface area contributed by atoms with Gasteiger partial charge in [-0.15, -0.1) is 0 Å². The Hall–Kier alpha value is -3.91. The molecule has 6 rings (SSSR count). The van der Waals surface area contributed by atoms with Crippen molar-refractivity contribution in [3.05, 3.63) is 136 Å². The van der Waals surface area contributed by atoms with Crippen LogP contribution in [0.1, 0.15) is 36.4 Å². The molecule has 8 heteroatoms. The van der Waals surface area contributed by atoms with Crippen molar-refractivity contribution in [2.75, 3.05) is 31.9 Å². The first-order valence-electron chi connectivity index (χ1n) is 15.1. The molecule has 4 aromatic carbocycles. The molecule has 44 heavy (non-hydrogen) atoms. The number of amides is 1. The summed E-state index contributed by atoms with van der Waals surface area (Å²) < 4.78 is 1.64. The quantitative estimate of drug-likeness (QED) is 0.0934. The first-order chi connectivity index (χ1) is 21.6. The number of carbonyl (C=O) groups is 1. The molecule has 0 saturated carbocycles. The molecule has 0 spiro atoms. The fraction of sp³-hybridized carbons (Fsp3) is 0.250. The topological polar surface area (TPSA) is 58.4 Å². The minimum absolute atomic E-state index is 0.114. The molecular weight excluding hydrogens is 588 g/mol. The van der Waals surface area contributed by atoms with Crippen molar-refractivity contribution in [1.82, 2.24) is 19.4 Å². The molecule has 1 aliphatic rings. The van der Waals surface area contributed by atoms with Crippen molar-refractivity contribution < 1.29 is 4.79 Å². The lowest BCUT2D eigenvalue weighted by atomic mass is 9.96. The number of carbonyl (C=O) groups excluding carboxylic acids is 1. The van der Waals surface area contributed by atoms with Crippen LogP contribution in [0.4, 0.5) is 0 Å². The van der Waals surface area contributed by atoms with Crippen LogP contribution in [-0.4, -0.2) is 57.2 Å². The zero-order valence-electron chi connectivity index (χ0n) is 24.5. The van der Waals surface area contributed by atoms with E-state index in [1.54, 1.807) is 34.5 Å². The van der Waals surface area contributed by atoms with E-state index in [1.807, 2.05) is 35.2 Å². The van der Waals surface area contributed by atoms with Gasteiger partial charge in [-0.2, -0.15) is 0 Å². The third kappa shape index (κ3) is 6.91. The first-order valence-corrected chi connectivity index (χ1v) is 16.5. The maximum atomic E-state index is 13.5. The summed E-state index contributed by atoms with van der Waals surface area (Å²) in [4.78, 5) is 35.9. The standard InChI is InChI=1S/C36H35ClN4O2S/c37-29-16-11-17-30(26-29)41-35(43)31-18-7-8-19-32(31)38-36(41)44-25-10-9-20-33(42)39-21-23-40(24-22-39)34(27-12-3-1-4-13-27)28-14-5-2-6-15-28/h1-8,11-19,26,34H,9-10,20-25H2. The Morgan fingerprint density at radius 2 is 1.45 bits per heavy atom. The van der Waals surface area contributed by atoms with Crippen molar-refractivity contribution in [1.29, 1.82) is 0 Å². The lowest BCUT2D eigenvalue weighted by molar-refractivity contribution is -0.133. The summed E-state index contributed by atoms with van der Waals surface area (Å²) in [6, 6.07) is 36.1. The van der Waals surface area contributed by atoms with Crippen LogP contribution in [0.2, 0.25) is 5.02 Å². The molecule has 1 aliphatic heterocycles. The van der Waals surface area contributed by atoms with E-state index >= 15 is 0 Å². The maximum absolute atomic E-state index is 13.5. The van der Waals surface area contributed by atoms with E-state index in [9.17, 15) is 9.59 Å². The molecule has 1 aromatic heterocycles. The van der Waals surface area contributed by atoms with Gasteiger partial charge in [0.25, 0.3) is 5.56 Å². The Morgan fingerprint density at radius 3 is 2.14 bits per heavy atom. The number of fused-ring (bicyclic) bond motifs is 1. The molecule has 0 atom stereocenters. The highest BCUT2D eigenvalue weighted by molar-refractivity contribution is 7.99. The summed E-state index contributed by atoms with van der Waals surface area (Å²) in [7, 11) is 0. The van der Waals surface area contributed by atoms with Crippen LogP contribution in [0, 0.1) is 0 Å². The summed E-state index contributed by atoms with van der Waals surface area (Å²) in [5, 5.41) is 1.76. The maximum Gasteiger partial charge on any atom is 0.266 e. The molecule has 0 bridgehead atoms. The number of hydrogen-bond acceptors (Lipinski definition) is 5. The third-order valence-corrected chi connectivity index (χ3v) is 9.35. The largest absolute Gasteiger partial charge is 0.340 e. The molecule has 0 unspecified atom stereocenters. The number of halogens is 1. The van der Waals surface area contributed by atoms with E-state index in [-0.39, 0.29) is 17.5 Å². The van der Waals surface area contributed by atoms with Gasteiger partial charge in [-0.25, -0.2) is 4.98 Å². The zero-order chi connectivity index (χ0) is 30.3. The lowest BCUT2D eigenvalue weighted by Gasteiger charge is -2.40. The highest BCUT2D eigenvalue weighted by Crippen LogP contribution is 2.30. The Balaban J connectivity index is 1.04. The van der Waals surface area contributed by atoms with Crippen molar-refractivity contribution in [2.45, 2.75) is 30.5 Å². The summed E-state index contributed by atoms with van der Waals surface area (Å²) in [5.74, 6) is 0.965. The van der Waals surface area contributed by atoms with Crippen LogP contribution in [0.15, 0.2) is 119 Å². The fourth-order valence-corrected chi connectivity index (χ4v) is 7.06. The van der Waals surface area contributed by atoms with Crippen LogP contribution in [-0.2, 0) is 4.79 Å². The van der Waals surface area contributed by atoms with Gasteiger partial charge in [0.15, 0.2) is 5.16 Å². The summed E-state index contributed by atoms with van der Waals surface area (Å²) >= 11 is 7.80. The van der Waals surface area contributed by atoms with E-state index in [2.05, 4.69) is 65.6 Å². The summed E-state index contributed by atoms with van der Waals surface area (Å²) in [5.41, 5.74) is 3.81. The molecule has 1 fully saturated rings. The highest BCUT2D eigenvalue weighted by Gasteiger charge is 2.28. The summed E-state index contributed by atoms with van der Waals surface area (Å²) in [6.07, 6.45) is 2.16. The van der Waals surface area contributed by atoms with Gasteiger partial charge in [-0.3, -0.25) is 19.1 Å². The van der Waals surface area contributed by atoms with Gasteiger partial charge in [0.05, 0.1) is 22.6 Å². The SMILES string of the molecule is O=C(CCCCSc1nc2ccccc2c(=O)n1-c1cccc(Cl)c1)N1CCN(C(c2ccccc2)c2ccccc2)CC1. The van der Waals surface area contributed by atoms with Crippen molar-refractivity contribution >= 4 is 40.2 Å². The van der Waals surface area contributed by atoms with Gasteiger partial charge in [0.2, 0.25) is 5.91 Å². The van der Waals surface area contributed by atoms with Gasteiger partial charge < -0.3 is 4.90 Å². The van der Waals surface area contributed by atoms with E-state index in [4.69, 9.17) is 16.6 Å². The number of piperazine rings is 1. The Kier molecular flexibility index (Phi) is 9.76. The van der Waals surface area contributed by atoms with Crippen LogP contribution in [0.25, 0.3) is 16.6 Å². The molecular formula is C36H35ClN4O2S. The third-order valence-electron chi connectivity index (χ3n) is 8.09. The van der Waals surface area contributed by atoms with E-state index in [1.165, 1.54) is 11.1 Å². The number of para-hydroxylation sites is 1. The average molecular weight is 623 g/mol. The van der Waals surface area contributed by atoms with Crippen LogP contribution in [0.5, 0.6) is 0 Å².